The number of likely N-dealkylation sites (N-methyl/N-ethyl adjacent to an activating group) is 1. The van der Waals surface area contributed by atoms with E-state index in [0.717, 1.165) is 6.54 Å². The van der Waals surface area contributed by atoms with Gasteiger partial charge in [-0.2, -0.15) is 0 Å². The standard InChI is InChI=1S/C14H19Cl2N3O/c1-19(11-4-2-3-5-11)7-6-17-14(20)10-8-12(15)13(16)18-9-10/h8-9,11H,2-7H2,1H3,(H,17,20). The molecule has 0 radical (unpaired) electrons. The van der Waals surface area contributed by atoms with Crippen LogP contribution in [0.25, 0.3) is 0 Å². The normalized spacial score (nSPS) is 15.8. The average molecular weight is 316 g/mol. The second-order valence-electron chi connectivity index (χ2n) is 5.17. The molecule has 4 nitrogen and oxygen atoms in total. The Balaban J connectivity index is 1.78. The Morgan fingerprint density at radius 3 is 2.80 bits per heavy atom. The SMILES string of the molecule is CN(CCNC(=O)c1cnc(Cl)c(Cl)c1)C1CCCC1. The molecular weight excluding hydrogens is 297 g/mol. The maximum Gasteiger partial charge on any atom is 0.252 e. The number of hydrogen-bond donors (Lipinski definition) is 1. The van der Waals surface area contributed by atoms with E-state index in [9.17, 15) is 4.79 Å². The Morgan fingerprint density at radius 1 is 1.45 bits per heavy atom. The van der Waals surface area contributed by atoms with Crippen LogP contribution in [0.15, 0.2) is 12.3 Å². The smallest absolute Gasteiger partial charge is 0.252 e. The summed E-state index contributed by atoms with van der Waals surface area (Å²) in [6.45, 7) is 1.47. The topological polar surface area (TPSA) is 45.2 Å². The molecule has 1 saturated carbocycles. The lowest BCUT2D eigenvalue weighted by molar-refractivity contribution is 0.0947. The molecule has 20 heavy (non-hydrogen) atoms. The number of carbonyl (C=O) groups excluding carboxylic acids is 1. The highest BCUT2D eigenvalue weighted by Crippen LogP contribution is 2.22. The zero-order valence-corrected chi connectivity index (χ0v) is 13.0. The van der Waals surface area contributed by atoms with Gasteiger partial charge < -0.3 is 10.2 Å². The van der Waals surface area contributed by atoms with Crippen molar-refractivity contribution in [3.05, 3.63) is 28.0 Å². The van der Waals surface area contributed by atoms with Crippen molar-refractivity contribution in [1.82, 2.24) is 15.2 Å². The predicted octanol–water partition coefficient (Wildman–Crippen LogP) is 2.99. The zero-order chi connectivity index (χ0) is 14.5. The number of nitrogens with one attached hydrogen (secondary N) is 1. The molecule has 0 aliphatic heterocycles. The molecule has 0 atom stereocenters. The average Bonchev–Trinajstić information content (AvgIpc) is 2.95. The molecule has 1 N–H and O–H groups in total. The minimum absolute atomic E-state index is 0.170. The van der Waals surface area contributed by atoms with Crippen molar-refractivity contribution in [3.63, 3.8) is 0 Å². The van der Waals surface area contributed by atoms with E-state index in [0.29, 0.717) is 23.2 Å². The van der Waals surface area contributed by atoms with Gasteiger partial charge in [-0.15, -0.1) is 0 Å². The van der Waals surface area contributed by atoms with Crippen LogP contribution in [0.5, 0.6) is 0 Å². The molecule has 6 heteroatoms. The van der Waals surface area contributed by atoms with Crippen LogP contribution >= 0.6 is 23.2 Å². The second kappa shape index (κ2) is 7.25. The molecule has 0 unspecified atom stereocenters. The monoisotopic (exact) mass is 315 g/mol. The first-order valence-corrected chi connectivity index (χ1v) is 7.63. The van der Waals surface area contributed by atoms with Gasteiger partial charge in [-0.05, 0) is 26.0 Å². The molecule has 110 valence electrons. The molecule has 0 spiro atoms. The van der Waals surface area contributed by atoms with Gasteiger partial charge in [0.2, 0.25) is 0 Å². The number of amides is 1. The van der Waals surface area contributed by atoms with Crippen LogP contribution in [0.1, 0.15) is 36.0 Å². The summed E-state index contributed by atoms with van der Waals surface area (Å²) in [6.07, 6.45) is 6.60. The van der Waals surface area contributed by atoms with Crippen LogP contribution in [0.4, 0.5) is 0 Å². The number of pyridine rings is 1. The van der Waals surface area contributed by atoms with Crippen LogP contribution < -0.4 is 5.32 Å². The first kappa shape index (κ1) is 15.5. The van der Waals surface area contributed by atoms with Crippen molar-refractivity contribution in [3.8, 4) is 0 Å². The fourth-order valence-corrected chi connectivity index (χ4v) is 2.79. The summed E-state index contributed by atoms with van der Waals surface area (Å²) in [5, 5.41) is 3.38. The summed E-state index contributed by atoms with van der Waals surface area (Å²) in [5.74, 6) is -0.170. The quantitative estimate of drug-likeness (QED) is 0.850. The lowest BCUT2D eigenvalue weighted by Crippen LogP contribution is -2.37. The molecule has 2 rings (SSSR count). The molecular formula is C14H19Cl2N3O. The third kappa shape index (κ3) is 4.08. The molecule has 1 aromatic heterocycles. The number of nitrogens with zero attached hydrogens (tertiary/aromatic N) is 2. The highest BCUT2D eigenvalue weighted by molar-refractivity contribution is 6.41. The maximum atomic E-state index is 11.9. The Morgan fingerprint density at radius 2 is 2.15 bits per heavy atom. The van der Waals surface area contributed by atoms with Crippen molar-refractivity contribution in [1.29, 1.82) is 0 Å². The van der Waals surface area contributed by atoms with Gasteiger partial charge in [0.05, 0.1) is 10.6 Å². The highest BCUT2D eigenvalue weighted by atomic mass is 35.5. The fraction of sp³-hybridized carbons (Fsp3) is 0.571. The van der Waals surface area contributed by atoms with Gasteiger partial charge in [0, 0.05) is 25.3 Å². The van der Waals surface area contributed by atoms with E-state index in [-0.39, 0.29) is 11.1 Å². The third-order valence-corrected chi connectivity index (χ3v) is 4.44. The molecule has 1 fully saturated rings. The maximum absolute atomic E-state index is 11.9. The summed E-state index contributed by atoms with van der Waals surface area (Å²) in [6, 6.07) is 2.20. The van der Waals surface area contributed by atoms with Crippen LogP contribution in [-0.2, 0) is 0 Å². The number of rotatable bonds is 5. The van der Waals surface area contributed by atoms with E-state index in [1.807, 2.05) is 0 Å². The summed E-state index contributed by atoms with van der Waals surface area (Å²) >= 11 is 11.6. The van der Waals surface area contributed by atoms with Crippen molar-refractivity contribution in [2.45, 2.75) is 31.7 Å². The van der Waals surface area contributed by atoms with Gasteiger partial charge in [-0.1, -0.05) is 36.0 Å². The van der Waals surface area contributed by atoms with Crippen molar-refractivity contribution >= 4 is 29.1 Å². The largest absolute Gasteiger partial charge is 0.351 e. The Hall–Kier alpha value is -0.840. The van der Waals surface area contributed by atoms with Crippen LogP contribution in [0.3, 0.4) is 0 Å². The molecule has 1 aliphatic rings. The van der Waals surface area contributed by atoms with Crippen LogP contribution in [-0.4, -0.2) is 42.0 Å². The Kier molecular flexibility index (Phi) is 5.64. The number of hydrogen-bond acceptors (Lipinski definition) is 3. The van der Waals surface area contributed by atoms with Crippen molar-refractivity contribution in [2.24, 2.45) is 0 Å². The molecule has 1 aromatic rings. The van der Waals surface area contributed by atoms with Crippen molar-refractivity contribution in [2.75, 3.05) is 20.1 Å². The minimum atomic E-state index is -0.170. The fourth-order valence-electron chi connectivity index (χ4n) is 2.52. The molecule has 0 saturated heterocycles. The minimum Gasteiger partial charge on any atom is -0.351 e. The van der Waals surface area contributed by atoms with Gasteiger partial charge in [-0.25, -0.2) is 4.98 Å². The third-order valence-electron chi connectivity index (χ3n) is 3.76. The van der Waals surface area contributed by atoms with Gasteiger partial charge >= 0.3 is 0 Å². The van der Waals surface area contributed by atoms with Crippen molar-refractivity contribution < 1.29 is 4.79 Å². The summed E-state index contributed by atoms with van der Waals surface area (Å²) in [7, 11) is 2.11. The zero-order valence-electron chi connectivity index (χ0n) is 11.5. The molecule has 0 aromatic carbocycles. The van der Waals surface area contributed by atoms with E-state index in [1.54, 1.807) is 0 Å². The second-order valence-corrected chi connectivity index (χ2v) is 5.94. The summed E-state index contributed by atoms with van der Waals surface area (Å²) < 4.78 is 0. The Bertz CT molecular complexity index is 475. The predicted molar refractivity (Wildman–Crippen MR) is 81.5 cm³/mol. The first-order chi connectivity index (χ1) is 9.58. The molecule has 1 aliphatic carbocycles. The van der Waals surface area contributed by atoms with Crippen LogP contribution in [0, 0.1) is 0 Å². The summed E-state index contributed by atoms with van der Waals surface area (Å²) in [5.41, 5.74) is 0.433. The molecule has 1 amide bonds. The van der Waals surface area contributed by atoms with Crippen LogP contribution in [0.2, 0.25) is 10.2 Å². The van der Waals surface area contributed by atoms with E-state index in [4.69, 9.17) is 23.2 Å². The van der Waals surface area contributed by atoms with Gasteiger partial charge in [-0.3, -0.25) is 4.79 Å². The number of halogens is 2. The van der Waals surface area contributed by atoms with E-state index in [2.05, 4.69) is 22.2 Å². The lowest BCUT2D eigenvalue weighted by Gasteiger charge is -2.23. The van der Waals surface area contributed by atoms with Gasteiger partial charge in [0.1, 0.15) is 5.15 Å². The van der Waals surface area contributed by atoms with Gasteiger partial charge in [0.25, 0.3) is 5.91 Å². The van der Waals surface area contributed by atoms with E-state index < -0.39 is 0 Å². The van der Waals surface area contributed by atoms with Gasteiger partial charge in [0.15, 0.2) is 0 Å². The molecule has 0 bridgehead atoms. The lowest BCUT2D eigenvalue weighted by atomic mass is 10.2. The Labute approximate surface area is 129 Å². The number of carbonyl (C=O) groups is 1. The summed E-state index contributed by atoms with van der Waals surface area (Å²) in [4.78, 5) is 18.1. The van der Waals surface area contributed by atoms with E-state index in [1.165, 1.54) is 37.9 Å². The van der Waals surface area contributed by atoms with E-state index >= 15 is 0 Å². The number of aromatic nitrogens is 1. The molecule has 1 heterocycles. The first-order valence-electron chi connectivity index (χ1n) is 6.87. The highest BCUT2D eigenvalue weighted by Gasteiger charge is 2.19.